The van der Waals surface area contributed by atoms with E-state index in [1.54, 1.807) is 0 Å². The summed E-state index contributed by atoms with van der Waals surface area (Å²) in [6, 6.07) is 0.463. The third-order valence-corrected chi connectivity index (χ3v) is 1.11. The third-order valence-electron chi connectivity index (χ3n) is 1.11. The smallest absolute Gasteiger partial charge is 0.119 e. The molecule has 0 rings (SSSR count). The van der Waals surface area contributed by atoms with Crippen LogP contribution in [0.1, 0.15) is 13.3 Å². The summed E-state index contributed by atoms with van der Waals surface area (Å²) < 4.78 is 0. The Kier molecular flexibility index (Phi) is 5.12. The van der Waals surface area contributed by atoms with Crippen molar-refractivity contribution in [2.45, 2.75) is 19.4 Å². The standard InChI is InChI=1S/C5H14BNO/c1-5(2-3-8)7-4-6/h5,7-8H,2-4,6H2,1H3. The van der Waals surface area contributed by atoms with Crippen LogP contribution in [0.5, 0.6) is 0 Å². The van der Waals surface area contributed by atoms with Crippen LogP contribution in [-0.2, 0) is 0 Å². The van der Waals surface area contributed by atoms with Crippen LogP contribution in [0.2, 0.25) is 0 Å². The van der Waals surface area contributed by atoms with Gasteiger partial charge in [-0.25, -0.2) is 0 Å². The van der Waals surface area contributed by atoms with Gasteiger partial charge in [-0.15, -0.1) is 0 Å². The van der Waals surface area contributed by atoms with Gasteiger partial charge in [0, 0.05) is 12.6 Å². The minimum atomic E-state index is 0.286. The van der Waals surface area contributed by atoms with Crippen LogP contribution in [0, 0.1) is 0 Å². The van der Waals surface area contributed by atoms with Crippen molar-refractivity contribution >= 4 is 7.85 Å². The van der Waals surface area contributed by atoms with Crippen molar-refractivity contribution in [3.05, 3.63) is 0 Å². The molecule has 0 radical (unpaired) electrons. The van der Waals surface area contributed by atoms with Crippen molar-refractivity contribution in [1.82, 2.24) is 5.32 Å². The SMILES string of the molecule is BCNC(C)CCO. The van der Waals surface area contributed by atoms with E-state index in [9.17, 15) is 0 Å². The highest BCUT2D eigenvalue weighted by Crippen LogP contribution is 1.85. The van der Waals surface area contributed by atoms with Crippen LogP contribution in [0.4, 0.5) is 0 Å². The van der Waals surface area contributed by atoms with Gasteiger partial charge in [-0.1, -0.05) is 0 Å². The molecule has 2 N–H and O–H groups in total. The summed E-state index contributed by atoms with van der Waals surface area (Å²) in [6.45, 7) is 2.36. The Morgan fingerprint density at radius 2 is 2.38 bits per heavy atom. The molecule has 1 atom stereocenters. The van der Waals surface area contributed by atoms with E-state index in [0.29, 0.717) is 6.04 Å². The van der Waals surface area contributed by atoms with E-state index in [1.807, 2.05) is 0 Å². The van der Waals surface area contributed by atoms with Gasteiger partial charge in [-0.3, -0.25) is 0 Å². The number of aliphatic hydroxyl groups is 1. The molecule has 0 saturated carbocycles. The van der Waals surface area contributed by atoms with Gasteiger partial charge in [0.15, 0.2) is 0 Å². The average Bonchev–Trinajstić information content (AvgIpc) is 1.68. The lowest BCUT2D eigenvalue weighted by Crippen LogP contribution is -2.27. The lowest BCUT2D eigenvalue weighted by Gasteiger charge is -2.08. The maximum absolute atomic E-state index is 8.42. The van der Waals surface area contributed by atoms with E-state index < -0.39 is 0 Å². The Labute approximate surface area is 51.7 Å². The molecule has 48 valence electrons. The van der Waals surface area contributed by atoms with Gasteiger partial charge in [0.2, 0.25) is 0 Å². The van der Waals surface area contributed by atoms with Gasteiger partial charge >= 0.3 is 0 Å². The normalized spacial score (nSPS) is 13.8. The Morgan fingerprint density at radius 3 is 2.75 bits per heavy atom. The fraction of sp³-hybridized carbons (Fsp3) is 1.00. The molecule has 0 bridgehead atoms. The quantitative estimate of drug-likeness (QED) is 0.457. The lowest BCUT2D eigenvalue weighted by molar-refractivity contribution is 0.271. The Bertz CT molecular complexity index is 45.7. The average molecular weight is 115 g/mol. The highest BCUT2D eigenvalue weighted by atomic mass is 16.3. The van der Waals surface area contributed by atoms with E-state index in [0.717, 1.165) is 12.9 Å². The predicted octanol–water partition coefficient (Wildman–Crippen LogP) is -1.06. The van der Waals surface area contributed by atoms with Gasteiger partial charge in [0.05, 0.1) is 0 Å². The highest BCUT2D eigenvalue weighted by molar-refractivity contribution is 6.08. The monoisotopic (exact) mass is 115 g/mol. The number of rotatable bonds is 4. The first kappa shape index (κ1) is 7.98. The second-order valence-electron chi connectivity index (χ2n) is 1.97. The van der Waals surface area contributed by atoms with E-state index >= 15 is 0 Å². The van der Waals surface area contributed by atoms with E-state index in [1.165, 1.54) is 0 Å². The van der Waals surface area contributed by atoms with Gasteiger partial charge < -0.3 is 10.4 Å². The summed E-state index contributed by atoms with van der Waals surface area (Å²) in [5.74, 6) is 0. The summed E-state index contributed by atoms with van der Waals surface area (Å²) in [5.41, 5.74) is 0. The minimum Gasteiger partial charge on any atom is -0.396 e. The molecule has 3 heteroatoms. The number of nitrogens with one attached hydrogen (secondary N) is 1. The molecule has 8 heavy (non-hydrogen) atoms. The molecule has 2 nitrogen and oxygen atoms in total. The highest BCUT2D eigenvalue weighted by Gasteiger charge is 1.94. The van der Waals surface area contributed by atoms with Crippen LogP contribution in [0.25, 0.3) is 0 Å². The van der Waals surface area contributed by atoms with Crippen molar-refractivity contribution in [2.24, 2.45) is 0 Å². The zero-order valence-electron chi connectivity index (χ0n) is 5.65. The maximum Gasteiger partial charge on any atom is 0.119 e. The fourth-order valence-electron chi connectivity index (χ4n) is 0.644. The molecule has 0 aliphatic heterocycles. The van der Waals surface area contributed by atoms with Crippen LogP contribution >= 0.6 is 0 Å². The fourth-order valence-corrected chi connectivity index (χ4v) is 0.644. The largest absolute Gasteiger partial charge is 0.396 e. The molecule has 0 spiro atoms. The maximum atomic E-state index is 8.42. The molecule has 0 aromatic heterocycles. The van der Waals surface area contributed by atoms with Crippen LogP contribution < -0.4 is 5.32 Å². The molecule has 0 saturated heterocycles. The Hall–Kier alpha value is -0.0151. The molecule has 0 aliphatic carbocycles. The molecule has 0 aliphatic rings. The predicted molar refractivity (Wildman–Crippen MR) is 37.7 cm³/mol. The zero-order valence-corrected chi connectivity index (χ0v) is 5.65. The minimum absolute atomic E-state index is 0.286. The van der Waals surface area contributed by atoms with E-state index in [4.69, 9.17) is 5.11 Å². The first-order valence-corrected chi connectivity index (χ1v) is 3.15. The Balaban J connectivity index is 2.92. The van der Waals surface area contributed by atoms with Gasteiger partial charge in [-0.05, 0) is 19.8 Å². The van der Waals surface area contributed by atoms with Gasteiger partial charge in [0.25, 0.3) is 0 Å². The van der Waals surface area contributed by atoms with Crippen LogP contribution in [-0.4, -0.2) is 32.0 Å². The van der Waals surface area contributed by atoms with Crippen molar-refractivity contribution in [1.29, 1.82) is 0 Å². The second kappa shape index (κ2) is 5.13. The molecular formula is C5H14BNO. The first-order valence-electron chi connectivity index (χ1n) is 3.15. The van der Waals surface area contributed by atoms with Crippen LogP contribution in [0.3, 0.4) is 0 Å². The summed E-state index contributed by atoms with van der Waals surface area (Å²) in [4.78, 5) is 0. The van der Waals surface area contributed by atoms with Crippen molar-refractivity contribution < 1.29 is 5.11 Å². The van der Waals surface area contributed by atoms with Crippen molar-refractivity contribution in [3.63, 3.8) is 0 Å². The third kappa shape index (κ3) is 4.15. The lowest BCUT2D eigenvalue weighted by atomic mass is 10.1. The molecule has 0 amide bonds. The molecular weight excluding hydrogens is 101 g/mol. The van der Waals surface area contributed by atoms with Crippen molar-refractivity contribution in [3.8, 4) is 0 Å². The van der Waals surface area contributed by atoms with E-state index in [-0.39, 0.29) is 6.61 Å². The number of hydrogen-bond acceptors (Lipinski definition) is 2. The molecule has 1 unspecified atom stereocenters. The molecule has 0 fully saturated rings. The zero-order chi connectivity index (χ0) is 6.41. The topological polar surface area (TPSA) is 32.3 Å². The summed E-state index contributed by atoms with van der Waals surface area (Å²) >= 11 is 0. The summed E-state index contributed by atoms with van der Waals surface area (Å²) in [7, 11) is 2.06. The summed E-state index contributed by atoms with van der Waals surface area (Å²) in [5, 5.41) is 11.6. The molecule has 0 heterocycles. The number of aliphatic hydroxyl groups excluding tert-OH is 1. The van der Waals surface area contributed by atoms with E-state index in [2.05, 4.69) is 20.1 Å². The first-order chi connectivity index (χ1) is 3.81. The van der Waals surface area contributed by atoms with Crippen molar-refractivity contribution in [2.75, 3.05) is 13.1 Å². The van der Waals surface area contributed by atoms with Crippen LogP contribution in [0.15, 0.2) is 0 Å². The van der Waals surface area contributed by atoms with Gasteiger partial charge in [0.1, 0.15) is 7.85 Å². The summed E-state index contributed by atoms with van der Waals surface area (Å²) in [6.07, 6.45) is 1.84. The molecule has 0 aromatic rings. The number of hydrogen-bond donors (Lipinski definition) is 2. The Morgan fingerprint density at radius 1 is 1.75 bits per heavy atom. The molecule has 0 aromatic carbocycles. The second-order valence-corrected chi connectivity index (χ2v) is 1.97. The van der Waals surface area contributed by atoms with Gasteiger partial charge in [-0.2, -0.15) is 0 Å².